The van der Waals surface area contributed by atoms with Gasteiger partial charge in [-0.25, -0.2) is 18.1 Å². The topological polar surface area (TPSA) is 77.3 Å². The van der Waals surface area contributed by atoms with Crippen LogP contribution in [0, 0.1) is 0 Å². The third-order valence-electron chi connectivity index (χ3n) is 6.23. The number of halogens is 1. The first-order chi connectivity index (χ1) is 14.4. The lowest BCUT2D eigenvalue weighted by Gasteiger charge is -2.46. The molecule has 4 rings (SSSR count). The molecule has 1 saturated heterocycles. The molecule has 1 aromatic carbocycles. The summed E-state index contributed by atoms with van der Waals surface area (Å²) in [5.74, 6) is 0.0749. The molecular weight excluding hydrogens is 424 g/mol. The molecule has 0 spiro atoms. The average Bonchev–Trinajstić information content (AvgIpc) is 3.25. The molecule has 7 nitrogen and oxygen atoms in total. The third-order valence-corrected chi connectivity index (χ3v) is 7.46. The minimum absolute atomic E-state index is 0.0749. The van der Waals surface area contributed by atoms with E-state index < -0.39 is 9.84 Å². The van der Waals surface area contributed by atoms with Crippen molar-refractivity contribution in [2.75, 3.05) is 25.2 Å². The Kier molecular flexibility index (Phi) is 6.77. The van der Waals surface area contributed by atoms with E-state index in [0.29, 0.717) is 25.2 Å². The van der Waals surface area contributed by atoms with E-state index in [1.807, 2.05) is 16.8 Å². The van der Waals surface area contributed by atoms with Gasteiger partial charge in [0.05, 0.1) is 24.5 Å². The van der Waals surface area contributed by atoms with Gasteiger partial charge in [-0.15, -0.1) is 0 Å². The van der Waals surface area contributed by atoms with Crippen LogP contribution in [0.15, 0.2) is 36.9 Å². The van der Waals surface area contributed by atoms with Crippen LogP contribution in [-0.4, -0.2) is 71.4 Å². The van der Waals surface area contributed by atoms with Crippen molar-refractivity contribution in [3.63, 3.8) is 0 Å². The van der Waals surface area contributed by atoms with Crippen molar-refractivity contribution < 1.29 is 13.2 Å². The van der Waals surface area contributed by atoms with Crippen molar-refractivity contribution in [3.8, 4) is 0 Å². The second kappa shape index (κ2) is 9.34. The first-order valence-corrected chi connectivity index (χ1v) is 12.9. The van der Waals surface area contributed by atoms with Gasteiger partial charge in [0.15, 0.2) is 0 Å². The number of hydrogen-bond donors (Lipinski definition) is 0. The molecule has 0 amide bonds. The molecule has 164 valence electrons. The standard InChI is InChI=1S/C21H29ClN4O3S/c1-30(27,28)13-21-11-25(18-6-8-19(9-7-18)26-15-23-14-24-26)20(12-29-21)10-16-2-4-17(22)5-3-16/h2-5,14-15,18-21H,6-13H2,1H3/t18?,19?,20-,21+/m0/s1. The lowest BCUT2D eigenvalue weighted by atomic mass is 9.88. The molecule has 1 aliphatic heterocycles. The van der Waals surface area contributed by atoms with Crippen molar-refractivity contribution in [1.82, 2.24) is 19.7 Å². The van der Waals surface area contributed by atoms with Crippen LogP contribution < -0.4 is 0 Å². The molecule has 0 bridgehead atoms. The Morgan fingerprint density at radius 1 is 1.13 bits per heavy atom. The maximum Gasteiger partial charge on any atom is 0.150 e. The molecule has 2 aliphatic rings. The highest BCUT2D eigenvalue weighted by molar-refractivity contribution is 7.90. The van der Waals surface area contributed by atoms with E-state index in [1.54, 1.807) is 12.7 Å². The number of ether oxygens (including phenoxy) is 1. The molecule has 9 heteroatoms. The summed E-state index contributed by atoms with van der Waals surface area (Å²) >= 11 is 6.04. The number of aromatic nitrogens is 3. The second-order valence-corrected chi connectivity index (χ2v) is 11.2. The van der Waals surface area contributed by atoms with Crippen LogP contribution in [0.3, 0.4) is 0 Å². The summed E-state index contributed by atoms with van der Waals surface area (Å²) in [4.78, 5) is 6.58. The molecule has 2 aromatic rings. The predicted octanol–water partition coefficient (Wildman–Crippen LogP) is 2.77. The second-order valence-electron chi connectivity index (χ2n) is 8.57. The van der Waals surface area contributed by atoms with Gasteiger partial charge in [-0.05, 0) is 49.8 Å². The maximum absolute atomic E-state index is 11.8. The van der Waals surface area contributed by atoms with Crippen molar-refractivity contribution >= 4 is 21.4 Å². The Bertz CT molecular complexity index is 912. The fourth-order valence-corrected chi connectivity index (χ4v) is 5.80. The van der Waals surface area contributed by atoms with E-state index in [0.717, 1.165) is 37.1 Å². The lowest BCUT2D eigenvalue weighted by molar-refractivity contribution is -0.0765. The molecule has 0 unspecified atom stereocenters. The van der Waals surface area contributed by atoms with Crippen molar-refractivity contribution in [1.29, 1.82) is 0 Å². The molecule has 2 atom stereocenters. The normalized spacial score (nSPS) is 28.5. The fraction of sp³-hybridized carbons (Fsp3) is 0.619. The zero-order chi connectivity index (χ0) is 21.1. The van der Waals surface area contributed by atoms with Gasteiger partial charge >= 0.3 is 0 Å². The van der Waals surface area contributed by atoms with Crippen LogP contribution in [0.4, 0.5) is 0 Å². The number of hydrogen-bond acceptors (Lipinski definition) is 6. The van der Waals surface area contributed by atoms with E-state index in [2.05, 4.69) is 27.1 Å². The zero-order valence-corrected chi connectivity index (χ0v) is 18.8. The number of benzene rings is 1. The summed E-state index contributed by atoms with van der Waals surface area (Å²) in [7, 11) is -3.08. The number of morpholine rings is 1. The van der Waals surface area contributed by atoms with Gasteiger partial charge in [0.25, 0.3) is 0 Å². The largest absolute Gasteiger partial charge is 0.374 e. The quantitative estimate of drug-likeness (QED) is 0.670. The summed E-state index contributed by atoms with van der Waals surface area (Å²) in [6, 6.07) is 9.01. The maximum atomic E-state index is 11.8. The SMILES string of the molecule is CS(=O)(=O)C[C@H]1CN(C2CCC(n3cncn3)CC2)[C@@H](Cc2ccc(Cl)cc2)CO1. The van der Waals surface area contributed by atoms with E-state index in [-0.39, 0.29) is 17.9 Å². The fourth-order valence-electron chi connectivity index (χ4n) is 4.79. The van der Waals surface area contributed by atoms with Crippen LogP contribution in [0.25, 0.3) is 0 Å². The first-order valence-electron chi connectivity index (χ1n) is 10.5. The Labute approximate surface area is 183 Å². The molecule has 0 N–H and O–H groups in total. The highest BCUT2D eigenvalue weighted by atomic mass is 35.5. The molecule has 2 fully saturated rings. The molecule has 2 heterocycles. The van der Waals surface area contributed by atoms with Crippen LogP contribution in [0.1, 0.15) is 37.3 Å². The van der Waals surface area contributed by atoms with Gasteiger partial charge < -0.3 is 4.74 Å². The lowest BCUT2D eigenvalue weighted by Crippen LogP contribution is -2.56. The summed E-state index contributed by atoms with van der Waals surface area (Å²) < 4.78 is 31.6. The predicted molar refractivity (Wildman–Crippen MR) is 116 cm³/mol. The van der Waals surface area contributed by atoms with Gasteiger partial charge in [-0.1, -0.05) is 23.7 Å². The third kappa shape index (κ3) is 5.60. The average molecular weight is 453 g/mol. The molecule has 1 aliphatic carbocycles. The Balaban J connectivity index is 1.46. The van der Waals surface area contributed by atoms with Gasteiger partial charge in [0.2, 0.25) is 0 Å². The number of rotatable bonds is 6. The van der Waals surface area contributed by atoms with Crippen LogP contribution in [-0.2, 0) is 21.0 Å². The Morgan fingerprint density at radius 3 is 2.47 bits per heavy atom. The Hall–Kier alpha value is -1.48. The Morgan fingerprint density at radius 2 is 1.83 bits per heavy atom. The summed E-state index contributed by atoms with van der Waals surface area (Å²) in [5, 5.41) is 5.03. The minimum atomic E-state index is -3.08. The highest BCUT2D eigenvalue weighted by Gasteiger charge is 2.37. The summed E-state index contributed by atoms with van der Waals surface area (Å²) in [5.41, 5.74) is 1.22. The monoisotopic (exact) mass is 452 g/mol. The van der Waals surface area contributed by atoms with E-state index in [4.69, 9.17) is 16.3 Å². The van der Waals surface area contributed by atoms with Crippen molar-refractivity contribution in [3.05, 3.63) is 47.5 Å². The van der Waals surface area contributed by atoms with Crippen LogP contribution in [0.2, 0.25) is 5.02 Å². The summed E-state index contributed by atoms with van der Waals surface area (Å²) in [6.45, 7) is 1.20. The van der Waals surface area contributed by atoms with Crippen molar-refractivity contribution in [2.24, 2.45) is 0 Å². The highest BCUT2D eigenvalue weighted by Crippen LogP contribution is 2.33. The molecule has 30 heavy (non-hydrogen) atoms. The van der Waals surface area contributed by atoms with Gasteiger partial charge in [-0.2, -0.15) is 5.10 Å². The smallest absolute Gasteiger partial charge is 0.150 e. The van der Waals surface area contributed by atoms with Crippen LogP contribution >= 0.6 is 11.6 Å². The molecular formula is C21H29ClN4O3S. The molecule has 1 aromatic heterocycles. The first kappa shape index (κ1) is 21.7. The van der Waals surface area contributed by atoms with Crippen LogP contribution in [0.5, 0.6) is 0 Å². The minimum Gasteiger partial charge on any atom is -0.374 e. The van der Waals surface area contributed by atoms with E-state index in [9.17, 15) is 8.42 Å². The van der Waals surface area contributed by atoms with Crippen molar-refractivity contribution in [2.45, 2.75) is 56.3 Å². The van der Waals surface area contributed by atoms with E-state index >= 15 is 0 Å². The van der Waals surface area contributed by atoms with E-state index in [1.165, 1.54) is 11.8 Å². The zero-order valence-electron chi connectivity index (χ0n) is 17.2. The number of sulfone groups is 1. The molecule has 0 radical (unpaired) electrons. The van der Waals surface area contributed by atoms with Gasteiger partial charge in [0.1, 0.15) is 22.5 Å². The summed E-state index contributed by atoms with van der Waals surface area (Å²) in [6.07, 6.45) is 9.49. The van der Waals surface area contributed by atoms with Gasteiger partial charge in [-0.3, -0.25) is 4.90 Å². The molecule has 1 saturated carbocycles. The number of nitrogens with zero attached hydrogens (tertiary/aromatic N) is 4. The van der Waals surface area contributed by atoms with Gasteiger partial charge in [0, 0.05) is 29.9 Å².